The number of nitrogen functional groups attached to an aromatic ring is 1. The highest BCUT2D eigenvalue weighted by Crippen LogP contribution is 2.27. The number of nitrogens with two attached hydrogens (primary N) is 1. The fraction of sp³-hybridized carbons (Fsp3) is 0.600. The van der Waals surface area contributed by atoms with E-state index in [0.717, 1.165) is 4.57 Å². The number of nitrogens with zero attached hydrogens (tertiary/aromatic N) is 2. The van der Waals surface area contributed by atoms with Crippen molar-refractivity contribution in [2.75, 3.05) is 12.3 Å². The van der Waals surface area contributed by atoms with Crippen LogP contribution < -0.4 is 11.4 Å². The Morgan fingerprint density at radius 3 is 2.58 bits per heavy atom. The Bertz CT molecular complexity index is 504. The Morgan fingerprint density at radius 1 is 1.32 bits per heavy atom. The molecule has 0 radical (unpaired) electrons. The van der Waals surface area contributed by atoms with Crippen LogP contribution in [-0.4, -0.2) is 61.0 Å². The molecule has 0 amide bonds. The van der Waals surface area contributed by atoms with E-state index in [4.69, 9.17) is 15.6 Å². The van der Waals surface area contributed by atoms with Crippen LogP contribution in [0.5, 0.6) is 0 Å². The molecule has 2 rings (SSSR count). The second kappa shape index (κ2) is 5.23. The van der Waals surface area contributed by atoms with E-state index in [1.165, 1.54) is 12.3 Å². The fourth-order valence-corrected chi connectivity index (χ4v) is 1.93. The fourth-order valence-electron chi connectivity index (χ4n) is 1.93. The van der Waals surface area contributed by atoms with E-state index < -0.39 is 42.9 Å². The number of aliphatic hydroxyl groups is 4. The van der Waals surface area contributed by atoms with Crippen LogP contribution in [0.4, 0.5) is 5.82 Å². The number of aliphatic hydroxyl groups excluding tert-OH is 4. The van der Waals surface area contributed by atoms with Gasteiger partial charge in [0.25, 0.3) is 0 Å². The highest BCUT2D eigenvalue weighted by molar-refractivity contribution is 5.23. The van der Waals surface area contributed by atoms with Crippen molar-refractivity contribution < 1.29 is 25.2 Å². The van der Waals surface area contributed by atoms with Crippen LogP contribution in [-0.2, 0) is 4.74 Å². The molecule has 9 heteroatoms. The van der Waals surface area contributed by atoms with Crippen molar-refractivity contribution in [3.8, 4) is 0 Å². The molecule has 0 unspecified atom stereocenters. The summed E-state index contributed by atoms with van der Waals surface area (Å²) in [6, 6.07) is 1.32. The standard InChI is InChI=1S/C10H15N3O6/c11-5-1-2-13(10(18)12-5)9-8(17)7(16)6(15)4(3-14)19-9/h1-2,4,6-9,14-17H,3H2,(H2,11,12,18)/t4-,6-,7-,8-,9-/m1/s1. The zero-order chi connectivity index (χ0) is 14.2. The van der Waals surface area contributed by atoms with Gasteiger partial charge in [0.15, 0.2) is 6.23 Å². The summed E-state index contributed by atoms with van der Waals surface area (Å²) in [5.74, 6) is 0.00541. The monoisotopic (exact) mass is 273 g/mol. The summed E-state index contributed by atoms with van der Waals surface area (Å²) < 4.78 is 6.14. The molecular formula is C10H15N3O6. The molecule has 0 spiro atoms. The summed E-state index contributed by atoms with van der Waals surface area (Å²) in [5.41, 5.74) is 4.56. The highest BCUT2D eigenvalue weighted by atomic mass is 16.6. The molecule has 0 aromatic carbocycles. The minimum Gasteiger partial charge on any atom is -0.394 e. The van der Waals surface area contributed by atoms with Crippen LogP contribution in [0.15, 0.2) is 17.1 Å². The molecule has 1 fully saturated rings. The molecular weight excluding hydrogens is 258 g/mol. The van der Waals surface area contributed by atoms with Crippen LogP contribution in [0.2, 0.25) is 0 Å². The molecule has 1 aliphatic heterocycles. The molecule has 9 nitrogen and oxygen atoms in total. The van der Waals surface area contributed by atoms with E-state index >= 15 is 0 Å². The van der Waals surface area contributed by atoms with E-state index in [2.05, 4.69) is 4.98 Å². The topological polar surface area (TPSA) is 151 Å². The van der Waals surface area contributed by atoms with Crippen LogP contribution in [0.25, 0.3) is 0 Å². The van der Waals surface area contributed by atoms with Gasteiger partial charge in [-0.25, -0.2) is 4.79 Å². The van der Waals surface area contributed by atoms with E-state index in [9.17, 15) is 20.1 Å². The van der Waals surface area contributed by atoms with Gasteiger partial charge in [0, 0.05) is 6.20 Å². The molecule has 1 aromatic rings. The maximum Gasteiger partial charge on any atom is 0.351 e. The molecule has 1 aromatic heterocycles. The Hall–Kier alpha value is -1.52. The number of rotatable bonds is 2. The van der Waals surface area contributed by atoms with E-state index in [0.29, 0.717) is 0 Å². The summed E-state index contributed by atoms with van der Waals surface area (Å²) in [4.78, 5) is 15.1. The normalized spacial score (nSPS) is 35.3. The number of hydrogen-bond donors (Lipinski definition) is 5. The average molecular weight is 273 g/mol. The quantitative estimate of drug-likeness (QED) is 0.378. The lowest BCUT2D eigenvalue weighted by atomic mass is 9.98. The molecule has 5 atom stereocenters. The van der Waals surface area contributed by atoms with Crippen molar-refractivity contribution >= 4 is 5.82 Å². The maximum atomic E-state index is 11.6. The SMILES string of the molecule is Nc1ccn([C@@H]2O[C@H](CO)[C@@H](O)[C@@H](O)[C@H]2O)c(=O)n1. The molecule has 6 N–H and O–H groups in total. The molecule has 2 heterocycles. The van der Waals surface area contributed by atoms with Gasteiger partial charge in [-0.1, -0.05) is 0 Å². The second-order valence-corrected chi connectivity index (χ2v) is 4.26. The van der Waals surface area contributed by atoms with Crippen molar-refractivity contribution in [1.82, 2.24) is 9.55 Å². The van der Waals surface area contributed by atoms with Gasteiger partial charge in [-0.3, -0.25) is 4.57 Å². The molecule has 0 bridgehead atoms. The molecule has 19 heavy (non-hydrogen) atoms. The van der Waals surface area contributed by atoms with Gasteiger partial charge in [-0.2, -0.15) is 4.98 Å². The summed E-state index contributed by atoms with van der Waals surface area (Å²) in [7, 11) is 0. The van der Waals surface area contributed by atoms with Crippen LogP contribution in [0.3, 0.4) is 0 Å². The largest absolute Gasteiger partial charge is 0.394 e. The lowest BCUT2D eigenvalue weighted by molar-refractivity contribution is -0.252. The van der Waals surface area contributed by atoms with E-state index in [1.54, 1.807) is 0 Å². The predicted molar refractivity (Wildman–Crippen MR) is 61.9 cm³/mol. The first-order valence-electron chi connectivity index (χ1n) is 5.61. The third-order valence-corrected chi connectivity index (χ3v) is 2.99. The third-order valence-electron chi connectivity index (χ3n) is 2.99. The Kier molecular flexibility index (Phi) is 3.83. The van der Waals surface area contributed by atoms with Crippen LogP contribution in [0, 0.1) is 0 Å². The maximum absolute atomic E-state index is 11.6. The van der Waals surface area contributed by atoms with Crippen molar-refractivity contribution in [3.63, 3.8) is 0 Å². The Morgan fingerprint density at radius 2 is 2.00 bits per heavy atom. The van der Waals surface area contributed by atoms with Gasteiger partial charge in [0.1, 0.15) is 30.2 Å². The van der Waals surface area contributed by atoms with Crippen molar-refractivity contribution in [2.24, 2.45) is 0 Å². The summed E-state index contributed by atoms with van der Waals surface area (Å²) >= 11 is 0. The first-order valence-corrected chi connectivity index (χ1v) is 5.61. The smallest absolute Gasteiger partial charge is 0.351 e. The Balaban J connectivity index is 2.35. The summed E-state index contributed by atoms with van der Waals surface area (Å²) in [6.45, 7) is -0.571. The minimum atomic E-state index is -1.56. The van der Waals surface area contributed by atoms with E-state index in [-0.39, 0.29) is 5.82 Å². The lowest BCUT2D eigenvalue weighted by Crippen LogP contribution is -2.57. The first-order chi connectivity index (χ1) is 8.95. The van der Waals surface area contributed by atoms with Crippen LogP contribution >= 0.6 is 0 Å². The van der Waals surface area contributed by atoms with Gasteiger partial charge in [-0.05, 0) is 6.07 Å². The van der Waals surface area contributed by atoms with Crippen molar-refractivity contribution in [3.05, 3.63) is 22.7 Å². The van der Waals surface area contributed by atoms with Crippen molar-refractivity contribution in [1.29, 1.82) is 0 Å². The number of ether oxygens (including phenoxy) is 1. The lowest BCUT2D eigenvalue weighted by Gasteiger charge is -2.40. The van der Waals surface area contributed by atoms with Gasteiger partial charge >= 0.3 is 5.69 Å². The minimum absolute atomic E-state index is 0.00541. The number of hydrogen-bond acceptors (Lipinski definition) is 8. The van der Waals surface area contributed by atoms with Gasteiger partial charge in [0.2, 0.25) is 0 Å². The predicted octanol–water partition coefficient (Wildman–Crippen LogP) is -3.20. The number of aromatic nitrogens is 2. The third kappa shape index (κ3) is 2.46. The molecule has 106 valence electrons. The number of anilines is 1. The first kappa shape index (κ1) is 13.9. The molecule has 1 saturated heterocycles. The van der Waals surface area contributed by atoms with Gasteiger partial charge < -0.3 is 30.9 Å². The highest BCUT2D eigenvalue weighted by Gasteiger charge is 2.44. The molecule has 0 saturated carbocycles. The Labute approximate surface area is 107 Å². The average Bonchev–Trinajstić information content (AvgIpc) is 2.38. The van der Waals surface area contributed by atoms with Gasteiger partial charge in [0.05, 0.1) is 6.61 Å². The summed E-state index contributed by atoms with van der Waals surface area (Å²) in [5, 5.41) is 38.1. The molecule has 0 aliphatic carbocycles. The second-order valence-electron chi connectivity index (χ2n) is 4.26. The zero-order valence-electron chi connectivity index (χ0n) is 9.83. The zero-order valence-corrected chi connectivity index (χ0v) is 9.83. The summed E-state index contributed by atoms with van der Waals surface area (Å²) in [6.07, 6.45) is -5.68. The van der Waals surface area contributed by atoms with Crippen LogP contribution in [0.1, 0.15) is 6.23 Å². The molecule has 1 aliphatic rings. The van der Waals surface area contributed by atoms with Gasteiger partial charge in [-0.15, -0.1) is 0 Å². The van der Waals surface area contributed by atoms with E-state index in [1.807, 2.05) is 0 Å². The van der Waals surface area contributed by atoms with Crippen molar-refractivity contribution in [2.45, 2.75) is 30.6 Å².